The molecular formula is C19H25ClF3N3O. The number of alkyl halides is 3. The Morgan fingerprint density at radius 3 is 2.56 bits per heavy atom. The summed E-state index contributed by atoms with van der Waals surface area (Å²) < 4.78 is 38.6. The molecule has 0 spiro atoms. The van der Waals surface area contributed by atoms with Gasteiger partial charge in [0.25, 0.3) is 0 Å². The second-order valence-corrected chi connectivity index (χ2v) is 7.04. The Hall–Kier alpha value is -1.57. The first kappa shape index (κ1) is 21.7. The SMILES string of the molecule is CCN1CCN(C(C)CNC(=O)/C=C/c2ccc(Cl)c(C(F)(F)F)c2)CC1. The molecule has 150 valence electrons. The molecule has 0 saturated carbocycles. The summed E-state index contributed by atoms with van der Waals surface area (Å²) in [6.45, 7) is 9.70. The third kappa shape index (κ3) is 6.52. The molecule has 0 bridgehead atoms. The van der Waals surface area contributed by atoms with Gasteiger partial charge >= 0.3 is 6.18 Å². The third-order valence-corrected chi connectivity index (χ3v) is 5.10. The van der Waals surface area contributed by atoms with E-state index in [-0.39, 0.29) is 22.5 Å². The normalized spacial score (nSPS) is 18.0. The standard InChI is InChI=1S/C19H25ClF3N3O/c1-3-25-8-10-26(11-9-25)14(2)13-24-18(27)7-5-15-4-6-17(20)16(12-15)19(21,22)23/h4-7,12,14H,3,8-11,13H2,1-2H3,(H,24,27)/b7-5+. The van der Waals surface area contributed by atoms with Gasteiger partial charge in [-0.15, -0.1) is 0 Å². The van der Waals surface area contributed by atoms with Crippen molar-refractivity contribution in [1.29, 1.82) is 0 Å². The van der Waals surface area contributed by atoms with Gasteiger partial charge in [0, 0.05) is 44.8 Å². The number of carbonyl (C=O) groups is 1. The van der Waals surface area contributed by atoms with Crippen LogP contribution in [0.25, 0.3) is 6.08 Å². The second kappa shape index (κ2) is 9.57. The van der Waals surface area contributed by atoms with Gasteiger partial charge in [-0.2, -0.15) is 13.2 Å². The highest BCUT2D eigenvalue weighted by atomic mass is 35.5. The highest BCUT2D eigenvalue weighted by Gasteiger charge is 2.33. The number of halogens is 4. The molecule has 1 aliphatic heterocycles. The van der Waals surface area contributed by atoms with Crippen molar-refractivity contribution in [3.05, 3.63) is 40.4 Å². The largest absolute Gasteiger partial charge is 0.417 e. The molecule has 1 amide bonds. The number of hydrogen-bond donors (Lipinski definition) is 1. The van der Waals surface area contributed by atoms with E-state index >= 15 is 0 Å². The smallest absolute Gasteiger partial charge is 0.351 e. The fourth-order valence-corrected chi connectivity index (χ4v) is 3.22. The van der Waals surface area contributed by atoms with Crippen molar-refractivity contribution < 1.29 is 18.0 Å². The molecule has 2 rings (SSSR count). The van der Waals surface area contributed by atoms with Gasteiger partial charge in [0.05, 0.1) is 10.6 Å². The van der Waals surface area contributed by atoms with Crippen LogP contribution in [0.3, 0.4) is 0 Å². The summed E-state index contributed by atoms with van der Waals surface area (Å²) >= 11 is 5.59. The molecule has 1 aliphatic rings. The Labute approximate surface area is 163 Å². The number of nitrogens with one attached hydrogen (secondary N) is 1. The van der Waals surface area contributed by atoms with E-state index in [2.05, 4.69) is 29.0 Å². The summed E-state index contributed by atoms with van der Waals surface area (Å²) in [7, 11) is 0. The van der Waals surface area contributed by atoms with Crippen LogP contribution in [0.15, 0.2) is 24.3 Å². The molecule has 1 saturated heterocycles. The summed E-state index contributed by atoms with van der Waals surface area (Å²) in [5.74, 6) is -0.336. The molecule has 1 heterocycles. The first-order valence-corrected chi connectivity index (χ1v) is 9.37. The molecule has 1 aromatic rings. The molecule has 1 fully saturated rings. The molecule has 1 N–H and O–H groups in total. The second-order valence-electron chi connectivity index (χ2n) is 6.63. The van der Waals surface area contributed by atoms with Crippen LogP contribution in [0.5, 0.6) is 0 Å². The lowest BCUT2D eigenvalue weighted by molar-refractivity contribution is -0.137. The molecule has 1 aromatic carbocycles. The Balaban J connectivity index is 1.85. The van der Waals surface area contributed by atoms with Crippen LogP contribution in [0.1, 0.15) is 25.0 Å². The van der Waals surface area contributed by atoms with Crippen molar-refractivity contribution in [3.8, 4) is 0 Å². The Morgan fingerprint density at radius 1 is 1.30 bits per heavy atom. The number of rotatable bonds is 6. The topological polar surface area (TPSA) is 35.6 Å². The Kier molecular flexibility index (Phi) is 7.70. The number of hydrogen-bond acceptors (Lipinski definition) is 3. The molecule has 27 heavy (non-hydrogen) atoms. The summed E-state index contributed by atoms with van der Waals surface area (Å²) in [6, 6.07) is 3.76. The van der Waals surface area contributed by atoms with Crippen molar-refractivity contribution in [1.82, 2.24) is 15.1 Å². The van der Waals surface area contributed by atoms with Crippen LogP contribution in [0, 0.1) is 0 Å². The molecular weight excluding hydrogens is 379 g/mol. The van der Waals surface area contributed by atoms with Crippen molar-refractivity contribution in [3.63, 3.8) is 0 Å². The van der Waals surface area contributed by atoms with Crippen molar-refractivity contribution in [2.75, 3.05) is 39.3 Å². The number of benzene rings is 1. The van der Waals surface area contributed by atoms with Gasteiger partial charge in [-0.25, -0.2) is 0 Å². The lowest BCUT2D eigenvalue weighted by atomic mass is 10.1. The van der Waals surface area contributed by atoms with Crippen LogP contribution in [-0.2, 0) is 11.0 Å². The molecule has 0 aromatic heterocycles. The lowest BCUT2D eigenvalue weighted by Crippen LogP contribution is -2.52. The van der Waals surface area contributed by atoms with E-state index in [1.54, 1.807) is 0 Å². The molecule has 1 unspecified atom stereocenters. The predicted octanol–water partition coefficient (Wildman–Crippen LogP) is 3.51. The van der Waals surface area contributed by atoms with Gasteiger partial charge < -0.3 is 10.2 Å². The maximum Gasteiger partial charge on any atom is 0.417 e. The molecule has 8 heteroatoms. The monoisotopic (exact) mass is 403 g/mol. The fraction of sp³-hybridized carbons (Fsp3) is 0.526. The van der Waals surface area contributed by atoms with Crippen LogP contribution in [0.2, 0.25) is 5.02 Å². The molecule has 0 radical (unpaired) electrons. The van der Waals surface area contributed by atoms with Gasteiger partial charge in [0.2, 0.25) is 5.91 Å². The minimum Gasteiger partial charge on any atom is -0.351 e. The van der Waals surface area contributed by atoms with Gasteiger partial charge in [-0.1, -0.05) is 24.6 Å². The zero-order valence-corrected chi connectivity index (χ0v) is 16.3. The summed E-state index contributed by atoms with van der Waals surface area (Å²) in [4.78, 5) is 16.7. The van der Waals surface area contributed by atoms with Gasteiger partial charge in [0.15, 0.2) is 0 Å². The fourth-order valence-electron chi connectivity index (χ4n) is 2.99. The molecule has 4 nitrogen and oxygen atoms in total. The van der Waals surface area contributed by atoms with E-state index in [0.717, 1.165) is 38.8 Å². The minimum absolute atomic E-state index is 0.203. The maximum absolute atomic E-state index is 12.9. The first-order chi connectivity index (χ1) is 12.7. The quantitative estimate of drug-likeness (QED) is 0.738. The number of carbonyl (C=O) groups excluding carboxylic acids is 1. The van der Waals surface area contributed by atoms with Crippen LogP contribution in [0.4, 0.5) is 13.2 Å². The van der Waals surface area contributed by atoms with Gasteiger partial charge in [0.1, 0.15) is 0 Å². The highest BCUT2D eigenvalue weighted by molar-refractivity contribution is 6.31. The van der Waals surface area contributed by atoms with E-state index in [9.17, 15) is 18.0 Å². The zero-order valence-electron chi connectivity index (χ0n) is 15.5. The first-order valence-electron chi connectivity index (χ1n) is 8.99. The average molecular weight is 404 g/mol. The van der Waals surface area contributed by atoms with Crippen LogP contribution in [-0.4, -0.2) is 61.0 Å². The van der Waals surface area contributed by atoms with Gasteiger partial charge in [-0.05, 0) is 37.2 Å². The molecule has 0 aliphatic carbocycles. The van der Waals surface area contributed by atoms with Crippen LogP contribution < -0.4 is 5.32 Å². The van der Waals surface area contributed by atoms with Crippen molar-refractivity contribution in [2.45, 2.75) is 26.1 Å². The van der Waals surface area contributed by atoms with E-state index < -0.39 is 11.7 Å². The zero-order chi connectivity index (χ0) is 20.0. The van der Waals surface area contributed by atoms with E-state index in [0.29, 0.717) is 6.54 Å². The average Bonchev–Trinajstić information content (AvgIpc) is 2.64. The summed E-state index contributed by atoms with van der Waals surface area (Å²) in [5, 5.41) is 2.44. The van der Waals surface area contributed by atoms with E-state index in [1.807, 2.05) is 0 Å². The van der Waals surface area contributed by atoms with Gasteiger partial charge in [-0.3, -0.25) is 9.69 Å². The Morgan fingerprint density at radius 2 is 1.96 bits per heavy atom. The summed E-state index contributed by atoms with van der Waals surface area (Å²) in [6.07, 6.45) is -1.93. The lowest BCUT2D eigenvalue weighted by Gasteiger charge is -2.37. The van der Waals surface area contributed by atoms with E-state index in [4.69, 9.17) is 11.6 Å². The third-order valence-electron chi connectivity index (χ3n) is 4.77. The minimum atomic E-state index is -4.53. The maximum atomic E-state index is 12.9. The highest BCUT2D eigenvalue weighted by Crippen LogP contribution is 2.35. The number of nitrogens with zero attached hydrogens (tertiary/aromatic N) is 2. The number of likely N-dealkylation sites (N-methyl/N-ethyl adjacent to an activating group) is 1. The predicted molar refractivity (Wildman–Crippen MR) is 102 cm³/mol. The number of amides is 1. The Bertz CT molecular complexity index is 671. The molecule has 1 atom stereocenters. The van der Waals surface area contributed by atoms with E-state index in [1.165, 1.54) is 24.3 Å². The van der Waals surface area contributed by atoms with Crippen LogP contribution >= 0.6 is 11.6 Å². The van der Waals surface area contributed by atoms with Crippen molar-refractivity contribution in [2.24, 2.45) is 0 Å². The number of piperazine rings is 1. The summed E-state index contributed by atoms with van der Waals surface area (Å²) in [5.41, 5.74) is -0.642. The van der Waals surface area contributed by atoms with Crippen molar-refractivity contribution >= 4 is 23.6 Å².